The van der Waals surface area contributed by atoms with Gasteiger partial charge in [-0.15, -0.1) is 0 Å². The second kappa shape index (κ2) is 7.96. The Kier molecular flexibility index (Phi) is 5.12. The molecule has 3 aromatic rings. The van der Waals surface area contributed by atoms with Gasteiger partial charge in [0.1, 0.15) is 11.2 Å². The molecule has 1 spiro atoms. The van der Waals surface area contributed by atoms with Crippen molar-refractivity contribution in [2.24, 2.45) is 10.8 Å². The molecular formula is C31H25ClFNO3. The van der Waals surface area contributed by atoms with Crippen LogP contribution in [0.2, 0.25) is 5.02 Å². The van der Waals surface area contributed by atoms with Crippen LogP contribution in [-0.4, -0.2) is 29.4 Å². The molecule has 186 valence electrons. The zero-order valence-electron chi connectivity index (χ0n) is 20.7. The van der Waals surface area contributed by atoms with Crippen molar-refractivity contribution in [2.75, 3.05) is 4.90 Å². The van der Waals surface area contributed by atoms with E-state index >= 15 is 0 Å². The maximum atomic E-state index is 14.4. The minimum Gasteiger partial charge on any atom is -0.352 e. The lowest BCUT2D eigenvalue weighted by molar-refractivity contribution is -0.127. The average Bonchev–Trinajstić information content (AvgIpc) is 3.29. The molecule has 0 saturated carbocycles. The van der Waals surface area contributed by atoms with Crippen LogP contribution in [0.3, 0.4) is 0 Å². The smallest absolute Gasteiger partial charge is 0.180 e. The second-order valence-electron chi connectivity index (χ2n) is 11.1. The van der Waals surface area contributed by atoms with E-state index in [1.54, 1.807) is 42.5 Å². The van der Waals surface area contributed by atoms with E-state index < -0.39 is 34.6 Å². The maximum Gasteiger partial charge on any atom is 0.180 e. The third-order valence-electron chi connectivity index (χ3n) is 8.00. The molecule has 2 aliphatic heterocycles. The molecule has 3 aromatic carbocycles. The molecule has 37 heavy (non-hydrogen) atoms. The number of hydrogen-bond acceptors (Lipinski definition) is 4. The van der Waals surface area contributed by atoms with Gasteiger partial charge in [0.25, 0.3) is 0 Å². The zero-order chi connectivity index (χ0) is 26.3. The van der Waals surface area contributed by atoms with E-state index in [2.05, 4.69) is 0 Å². The molecule has 2 heterocycles. The van der Waals surface area contributed by atoms with Gasteiger partial charge in [-0.25, -0.2) is 4.39 Å². The number of fused-ring (bicyclic) bond motifs is 5. The number of nitrogens with zero attached hydrogens (tertiary/aromatic N) is 1. The average molecular weight is 514 g/mol. The quantitative estimate of drug-likeness (QED) is 0.366. The van der Waals surface area contributed by atoms with Crippen LogP contribution in [0.1, 0.15) is 58.5 Å². The lowest BCUT2D eigenvalue weighted by atomic mass is 9.63. The van der Waals surface area contributed by atoms with E-state index in [-0.39, 0.29) is 17.3 Å². The predicted octanol–water partition coefficient (Wildman–Crippen LogP) is 6.53. The number of Topliss-reactive ketones (excluding diaryl/α,β-unsaturated/α-hetero) is 3. The van der Waals surface area contributed by atoms with E-state index in [1.165, 1.54) is 12.1 Å². The Bertz CT molecular complexity index is 1480. The highest BCUT2D eigenvalue weighted by atomic mass is 35.5. The Labute approximate surface area is 219 Å². The normalized spacial score (nSPS) is 23.3. The lowest BCUT2D eigenvalue weighted by Gasteiger charge is -2.38. The van der Waals surface area contributed by atoms with E-state index in [4.69, 9.17) is 11.6 Å². The first-order chi connectivity index (χ1) is 17.6. The fourth-order valence-electron chi connectivity index (χ4n) is 6.43. The van der Waals surface area contributed by atoms with Crippen molar-refractivity contribution < 1.29 is 18.8 Å². The number of carbonyl (C=O) groups is 3. The first-order valence-corrected chi connectivity index (χ1v) is 12.7. The van der Waals surface area contributed by atoms with Crippen molar-refractivity contribution in [1.82, 2.24) is 0 Å². The van der Waals surface area contributed by atoms with Gasteiger partial charge in [0, 0.05) is 33.2 Å². The van der Waals surface area contributed by atoms with Gasteiger partial charge in [0.2, 0.25) is 0 Å². The Morgan fingerprint density at radius 1 is 0.946 bits per heavy atom. The van der Waals surface area contributed by atoms with Crippen LogP contribution < -0.4 is 4.90 Å². The molecule has 0 aromatic heterocycles. The highest BCUT2D eigenvalue weighted by Gasteiger charge is 2.71. The van der Waals surface area contributed by atoms with Gasteiger partial charge in [-0.2, -0.15) is 0 Å². The van der Waals surface area contributed by atoms with Crippen molar-refractivity contribution in [3.63, 3.8) is 0 Å². The van der Waals surface area contributed by atoms with Crippen LogP contribution in [-0.2, 0) is 4.79 Å². The van der Waals surface area contributed by atoms with Crippen LogP contribution in [0, 0.1) is 16.6 Å². The summed E-state index contributed by atoms with van der Waals surface area (Å²) in [5, 5.41) is 0.546. The molecule has 6 heteroatoms. The standard InChI is InChI=1S/C31H25ClFNO3/c1-30(2,3)29(37)26-25(17-8-12-20(33)13-9-17)31(27(35)21-6-4-5-7-22(21)28(31)36)24-15-10-18-16-19(32)11-14-23(18)34(24)26/h4-16,24-26H,1-3H3/t24-,25+,26-/m1/s1. The largest absolute Gasteiger partial charge is 0.352 e. The summed E-state index contributed by atoms with van der Waals surface area (Å²) in [5.41, 5.74) is 0.487. The van der Waals surface area contributed by atoms with Crippen LogP contribution in [0.4, 0.5) is 10.1 Å². The first kappa shape index (κ1) is 23.8. The van der Waals surface area contributed by atoms with Gasteiger partial charge >= 0.3 is 0 Å². The third-order valence-corrected chi connectivity index (χ3v) is 8.24. The molecule has 0 unspecified atom stereocenters. The SMILES string of the molecule is CC(C)(C)C(=O)[C@H]1[C@H](c2ccc(F)cc2)C2(C(=O)c3ccccc3C2=O)[C@H]2C=Cc3cc(Cl)ccc3N12. The number of rotatable bonds is 2. The Hall–Kier alpha value is -3.57. The molecule has 0 amide bonds. The van der Waals surface area contributed by atoms with Crippen LogP contribution >= 0.6 is 11.6 Å². The molecule has 1 fully saturated rings. The summed E-state index contributed by atoms with van der Waals surface area (Å²) in [5.74, 6) is -1.97. The van der Waals surface area contributed by atoms with Crippen molar-refractivity contribution in [3.05, 3.63) is 106 Å². The highest BCUT2D eigenvalue weighted by Crippen LogP contribution is 2.61. The van der Waals surface area contributed by atoms with E-state index in [9.17, 15) is 18.8 Å². The van der Waals surface area contributed by atoms with E-state index in [0.717, 1.165) is 11.3 Å². The van der Waals surface area contributed by atoms with Crippen LogP contribution in [0.25, 0.3) is 6.08 Å². The molecular weight excluding hydrogens is 489 g/mol. The summed E-state index contributed by atoms with van der Waals surface area (Å²) in [6, 6.07) is 16.5. The van der Waals surface area contributed by atoms with E-state index in [1.807, 2.05) is 50.0 Å². The van der Waals surface area contributed by atoms with Crippen molar-refractivity contribution in [2.45, 2.75) is 38.8 Å². The monoisotopic (exact) mass is 513 g/mol. The van der Waals surface area contributed by atoms with Gasteiger partial charge in [0.15, 0.2) is 17.3 Å². The summed E-state index contributed by atoms with van der Waals surface area (Å²) in [6.45, 7) is 5.52. The van der Waals surface area contributed by atoms with Crippen LogP contribution in [0.5, 0.6) is 0 Å². The number of anilines is 1. The molecule has 4 nitrogen and oxygen atoms in total. The number of carbonyl (C=O) groups excluding carboxylic acids is 3. The van der Waals surface area contributed by atoms with Gasteiger partial charge in [-0.1, -0.05) is 80.9 Å². The fourth-order valence-corrected chi connectivity index (χ4v) is 6.62. The Morgan fingerprint density at radius 2 is 1.57 bits per heavy atom. The number of ketones is 3. The lowest BCUT2D eigenvalue weighted by Crippen LogP contribution is -2.49. The van der Waals surface area contributed by atoms with Gasteiger partial charge in [-0.05, 0) is 41.5 Å². The molecule has 0 radical (unpaired) electrons. The van der Waals surface area contributed by atoms with Gasteiger partial charge < -0.3 is 4.90 Å². The minimum atomic E-state index is -1.58. The summed E-state index contributed by atoms with van der Waals surface area (Å²) < 4.78 is 14.1. The van der Waals surface area contributed by atoms with Crippen molar-refractivity contribution in [1.29, 1.82) is 0 Å². The number of benzene rings is 3. The highest BCUT2D eigenvalue weighted by molar-refractivity contribution is 6.32. The Morgan fingerprint density at radius 3 is 2.16 bits per heavy atom. The summed E-state index contributed by atoms with van der Waals surface area (Å²) >= 11 is 6.30. The molecule has 6 rings (SSSR count). The minimum absolute atomic E-state index is 0.101. The molecule has 1 aliphatic carbocycles. The molecule has 0 bridgehead atoms. The summed E-state index contributed by atoms with van der Waals surface area (Å²) in [6.07, 6.45) is 3.73. The molecule has 3 aliphatic rings. The molecule has 3 atom stereocenters. The first-order valence-electron chi connectivity index (χ1n) is 12.3. The number of halogens is 2. The summed E-state index contributed by atoms with van der Waals surface area (Å²) in [7, 11) is 0. The summed E-state index contributed by atoms with van der Waals surface area (Å²) in [4.78, 5) is 45.1. The molecule has 1 saturated heterocycles. The maximum absolute atomic E-state index is 14.4. The number of hydrogen-bond donors (Lipinski definition) is 0. The third kappa shape index (κ3) is 3.16. The van der Waals surface area contributed by atoms with E-state index in [0.29, 0.717) is 21.7 Å². The topological polar surface area (TPSA) is 54.5 Å². The molecule has 0 N–H and O–H groups in total. The van der Waals surface area contributed by atoms with Crippen molar-refractivity contribution in [3.8, 4) is 0 Å². The predicted molar refractivity (Wildman–Crippen MR) is 142 cm³/mol. The zero-order valence-corrected chi connectivity index (χ0v) is 21.4. The Balaban J connectivity index is 1.70. The second-order valence-corrected chi connectivity index (χ2v) is 11.5. The van der Waals surface area contributed by atoms with Gasteiger partial charge in [0.05, 0.1) is 12.1 Å². The van der Waals surface area contributed by atoms with Crippen molar-refractivity contribution >= 4 is 40.7 Å². The van der Waals surface area contributed by atoms with Gasteiger partial charge in [-0.3, -0.25) is 14.4 Å². The van der Waals surface area contributed by atoms with Crippen LogP contribution in [0.15, 0.2) is 72.8 Å². The fraction of sp³-hybridized carbons (Fsp3) is 0.258.